The normalized spacial score (nSPS) is 14.2. The van der Waals surface area contributed by atoms with E-state index in [0.717, 1.165) is 5.56 Å². The van der Waals surface area contributed by atoms with Crippen LogP contribution in [0.25, 0.3) is 0 Å². The van der Waals surface area contributed by atoms with Gasteiger partial charge in [-0.2, -0.15) is 0 Å². The minimum atomic E-state index is -3.04. The third kappa shape index (κ3) is 5.78. The molecule has 0 aliphatic rings. The summed E-state index contributed by atoms with van der Waals surface area (Å²) < 4.78 is 20.9. The molecule has 0 aromatic heterocycles. The van der Waals surface area contributed by atoms with Crippen LogP contribution in [-0.4, -0.2) is 26.2 Å². The molecule has 0 fully saturated rings. The molecule has 0 aliphatic carbocycles. The Labute approximate surface area is 101 Å². The van der Waals surface area contributed by atoms with Crippen molar-refractivity contribution in [2.45, 2.75) is 12.8 Å². The first-order valence-electron chi connectivity index (χ1n) is 5.37. The maximum absolute atomic E-state index is 11.5. The zero-order valence-electron chi connectivity index (χ0n) is 10.1. The van der Waals surface area contributed by atoms with Crippen LogP contribution >= 0.6 is 7.60 Å². The first-order valence-corrected chi connectivity index (χ1v) is 7.36. The zero-order chi connectivity index (χ0) is 12.7. The summed E-state index contributed by atoms with van der Waals surface area (Å²) >= 11 is 0. The number of Topliss-reactive ketones (excluding diaryl/α,β-unsaturated/α-hetero) is 1. The van der Waals surface area contributed by atoms with Gasteiger partial charge in [-0.25, -0.2) is 0 Å². The van der Waals surface area contributed by atoms with E-state index in [1.54, 1.807) is 0 Å². The first kappa shape index (κ1) is 14.1. The maximum Gasteiger partial charge on any atom is 0.327 e. The van der Waals surface area contributed by atoms with Gasteiger partial charge in [0.1, 0.15) is 6.61 Å². The summed E-state index contributed by atoms with van der Waals surface area (Å²) in [6, 6.07) is 9.73. The number of ketones is 1. The van der Waals surface area contributed by atoms with E-state index in [-0.39, 0.29) is 12.4 Å². The highest BCUT2D eigenvalue weighted by Crippen LogP contribution is 2.42. The van der Waals surface area contributed by atoms with Crippen molar-refractivity contribution in [1.29, 1.82) is 0 Å². The summed E-state index contributed by atoms with van der Waals surface area (Å²) in [5, 5.41) is 0. The molecule has 1 aromatic carbocycles. The van der Waals surface area contributed by atoms with Crippen molar-refractivity contribution < 1.29 is 18.4 Å². The first-order chi connectivity index (χ1) is 8.03. The molecule has 5 heteroatoms. The van der Waals surface area contributed by atoms with E-state index < -0.39 is 7.60 Å². The number of hydrogen-bond donors (Lipinski definition) is 0. The Hall–Kier alpha value is -0.960. The van der Waals surface area contributed by atoms with Crippen LogP contribution in [0.15, 0.2) is 30.3 Å². The Bertz CT molecular complexity index is 402. The monoisotopic (exact) mass is 256 g/mol. The molecule has 0 spiro atoms. The third-order valence-electron chi connectivity index (χ3n) is 2.33. The average molecular weight is 256 g/mol. The quantitative estimate of drug-likeness (QED) is 0.704. The molecule has 0 bridgehead atoms. The Kier molecular flexibility index (Phi) is 5.56. The van der Waals surface area contributed by atoms with Gasteiger partial charge in [0.05, 0.1) is 0 Å². The topological polar surface area (TPSA) is 52.6 Å². The van der Waals surface area contributed by atoms with Crippen molar-refractivity contribution in [3.05, 3.63) is 35.9 Å². The van der Waals surface area contributed by atoms with Gasteiger partial charge < -0.3 is 9.05 Å². The van der Waals surface area contributed by atoms with Crippen molar-refractivity contribution in [2.75, 3.05) is 20.4 Å². The number of rotatable bonds is 7. The highest BCUT2D eigenvalue weighted by molar-refractivity contribution is 7.52. The van der Waals surface area contributed by atoms with Crippen LogP contribution in [0.3, 0.4) is 0 Å². The van der Waals surface area contributed by atoms with Crippen LogP contribution in [-0.2, 0) is 24.8 Å². The summed E-state index contributed by atoms with van der Waals surface area (Å²) in [6.45, 7) is 1.19. The van der Waals surface area contributed by atoms with Crippen molar-refractivity contribution in [3.63, 3.8) is 0 Å². The molecule has 0 radical (unpaired) electrons. The second-order valence-electron chi connectivity index (χ2n) is 3.75. The van der Waals surface area contributed by atoms with Crippen LogP contribution in [0.1, 0.15) is 12.0 Å². The molecule has 0 amide bonds. The van der Waals surface area contributed by atoms with Gasteiger partial charge >= 0.3 is 7.60 Å². The SMILES string of the molecule is COP(C)(=O)OCC(=O)CCc1ccccc1. The van der Waals surface area contributed by atoms with Crippen molar-refractivity contribution in [1.82, 2.24) is 0 Å². The second-order valence-corrected chi connectivity index (χ2v) is 5.92. The van der Waals surface area contributed by atoms with Gasteiger partial charge in [-0.15, -0.1) is 0 Å². The molecule has 1 unspecified atom stereocenters. The molecule has 94 valence electrons. The lowest BCUT2D eigenvalue weighted by molar-refractivity contribution is -0.121. The summed E-state index contributed by atoms with van der Waals surface area (Å²) in [5.41, 5.74) is 1.10. The summed E-state index contributed by atoms with van der Waals surface area (Å²) in [4.78, 5) is 11.5. The fraction of sp³-hybridized carbons (Fsp3) is 0.417. The highest BCUT2D eigenvalue weighted by atomic mass is 31.2. The van der Waals surface area contributed by atoms with Gasteiger partial charge in [-0.3, -0.25) is 9.36 Å². The molecular weight excluding hydrogens is 239 g/mol. The molecule has 0 saturated carbocycles. The summed E-state index contributed by atoms with van der Waals surface area (Å²) in [7, 11) is -1.74. The van der Waals surface area contributed by atoms with Crippen LogP contribution in [0.4, 0.5) is 0 Å². The van der Waals surface area contributed by atoms with Crippen LogP contribution in [0.5, 0.6) is 0 Å². The van der Waals surface area contributed by atoms with Gasteiger partial charge in [-0.1, -0.05) is 30.3 Å². The molecule has 1 aromatic rings. The standard InChI is InChI=1S/C12H17O4P/c1-15-17(2,14)16-10-12(13)9-8-11-6-4-3-5-7-11/h3-7H,8-10H2,1-2H3. The van der Waals surface area contributed by atoms with Crippen molar-refractivity contribution in [2.24, 2.45) is 0 Å². The molecule has 1 atom stereocenters. The number of carbonyl (C=O) groups is 1. The summed E-state index contributed by atoms with van der Waals surface area (Å²) in [5.74, 6) is -0.0759. The Morgan fingerprint density at radius 1 is 1.29 bits per heavy atom. The molecule has 0 N–H and O–H groups in total. The van der Waals surface area contributed by atoms with Gasteiger partial charge in [0, 0.05) is 20.2 Å². The predicted molar refractivity (Wildman–Crippen MR) is 66.3 cm³/mol. The van der Waals surface area contributed by atoms with Crippen molar-refractivity contribution >= 4 is 13.4 Å². The van der Waals surface area contributed by atoms with E-state index in [0.29, 0.717) is 12.8 Å². The van der Waals surface area contributed by atoms with E-state index in [2.05, 4.69) is 4.52 Å². The van der Waals surface area contributed by atoms with E-state index >= 15 is 0 Å². The Morgan fingerprint density at radius 3 is 2.53 bits per heavy atom. The van der Waals surface area contributed by atoms with Gasteiger partial charge in [0.15, 0.2) is 5.78 Å². The van der Waals surface area contributed by atoms with Gasteiger partial charge in [0.2, 0.25) is 0 Å². The van der Waals surface area contributed by atoms with Crippen LogP contribution in [0.2, 0.25) is 0 Å². The molecule has 17 heavy (non-hydrogen) atoms. The lowest BCUT2D eigenvalue weighted by atomic mass is 10.1. The minimum Gasteiger partial charge on any atom is -0.312 e. The number of aryl methyl sites for hydroxylation is 1. The van der Waals surface area contributed by atoms with E-state index in [1.807, 2.05) is 30.3 Å². The highest BCUT2D eigenvalue weighted by Gasteiger charge is 2.16. The predicted octanol–water partition coefficient (Wildman–Crippen LogP) is 2.67. The fourth-order valence-electron chi connectivity index (χ4n) is 1.24. The maximum atomic E-state index is 11.5. The fourth-order valence-corrected chi connectivity index (χ4v) is 1.73. The lowest BCUT2D eigenvalue weighted by Gasteiger charge is -2.10. The smallest absolute Gasteiger partial charge is 0.312 e. The van der Waals surface area contributed by atoms with Gasteiger partial charge in [-0.05, 0) is 12.0 Å². The molecule has 1 rings (SSSR count). The van der Waals surface area contributed by atoms with Crippen molar-refractivity contribution in [3.8, 4) is 0 Å². The largest absolute Gasteiger partial charge is 0.327 e. The number of benzene rings is 1. The average Bonchev–Trinajstić information content (AvgIpc) is 2.35. The molecule has 0 saturated heterocycles. The van der Waals surface area contributed by atoms with Crippen LogP contribution in [0, 0.1) is 0 Å². The van der Waals surface area contributed by atoms with Gasteiger partial charge in [0.25, 0.3) is 0 Å². The Balaban J connectivity index is 2.29. The van der Waals surface area contributed by atoms with E-state index in [9.17, 15) is 9.36 Å². The molecule has 0 aliphatic heterocycles. The summed E-state index contributed by atoms with van der Waals surface area (Å²) in [6.07, 6.45) is 1.05. The molecular formula is C12H17O4P. The lowest BCUT2D eigenvalue weighted by Crippen LogP contribution is -2.08. The Morgan fingerprint density at radius 2 is 1.94 bits per heavy atom. The molecule has 4 nitrogen and oxygen atoms in total. The third-order valence-corrected chi connectivity index (χ3v) is 3.59. The second kappa shape index (κ2) is 6.70. The zero-order valence-corrected chi connectivity index (χ0v) is 11.0. The number of carbonyl (C=O) groups excluding carboxylic acids is 1. The van der Waals surface area contributed by atoms with E-state index in [1.165, 1.54) is 13.8 Å². The van der Waals surface area contributed by atoms with Crippen LogP contribution < -0.4 is 0 Å². The minimum absolute atomic E-state index is 0.0759. The molecule has 0 heterocycles. The number of hydrogen-bond acceptors (Lipinski definition) is 4. The van der Waals surface area contributed by atoms with E-state index in [4.69, 9.17) is 4.52 Å².